The van der Waals surface area contributed by atoms with Crippen molar-refractivity contribution in [3.8, 4) is 0 Å². The maximum absolute atomic E-state index is 2.45. The lowest BCUT2D eigenvalue weighted by Gasteiger charge is -2.18. The van der Waals surface area contributed by atoms with Gasteiger partial charge in [-0.1, -0.05) is 62.4 Å². The zero-order chi connectivity index (χ0) is 11.4. The second-order valence-corrected chi connectivity index (χ2v) is 5.55. The molecule has 1 saturated carbocycles. The smallest absolute Gasteiger partial charge is 0.0276 e. The summed E-state index contributed by atoms with van der Waals surface area (Å²) >= 11 is 0. The van der Waals surface area contributed by atoms with Gasteiger partial charge in [-0.25, -0.2) is 0 Å². The van der Waals surface area contributed by atoms with Crippen LogP contribution in [-0.4, -0.2) is 0 Å². The van der Waals surface area contributed by atoms with E-state index < -0.39 is 0 Å². The Bertz CT molecular complexity index is 303. The molecule has 1 aromatic rings. The van der Waals surface area contributed by atoms with Crippen molar-refractivity contribution in [1.29, 1.82) is 0 Å². The summed E-state index contributed by atoms with van der Waals surface area (Å²) in [6.07, 6.45) is 8.54. The topological polar surface area (TPSA) is 0 Å². The molecule has 1 fully saturated rings. The molecule has 0 spiro atoms. The lowest BCUT2D eigenvalue weighted by atomic mass is 9.87. The van der Waals surface area contributed by atoms with E-state index in [-0.39, 0.29) is 0 Å². The molecule has 0 heteroatoms. The van der Waals surface area contributed by atoms with Crippen LogP contribution in [-0.2, 0) is 6.42 Å². The van der Waals surface area contributed by atoms with Gasteiger partial charge in [-0.2, -0.15) is 0 Å². The van der Waals surface area contributed by atoms with Gasteiger partial charge in [0, 0.05) is 0 Å². The molecule has 0 heterocycles. The van der Waals surface area contributed by atoms with Gasteiger partial charge in [0.1, 0.15) is 0 Å². The van der Waals surface area contributed by atoms with Gasteiger partial charge in [-0.05, 0) is 37.2 Å². The van der Waals surface area contributed by atoms with Crippen molar-refractivity contribution in [3.05, 3.63) is 35.4 Å². The highest BCUT2D eigenvalue weighted by molar-refractivity contribution is 5.21. The monoisotopic (exact) mass is 216 g/mol. The van der Waals surface area contributed by atoms with Crippen LogP contribution in [0, 0.1) is 18.8 Å². The van der Waals surface area contributed by atoms with Crippen LogP contribution in [0.4, 0.5) is 0 Å². The quantitative estimate of drug-likeness (QED) is 0.681. The Morgan fingerprint density at radius 3 is 2.38 bits per heavy atom. The van der Waals surface area contributed by atoms with Gasteiger partial charge in [0.05, 0.1) is 0 Å². The fraction of sp³-hybridized carbons (Fsp3) is 0.625. The maximum Gasteiger partial charge on any atom is -0.0276 e. The van der Waals surface area contributed by atoms with Crippen LogP contribution in [0.5, 0.6) is 0 Å². The lowest BCUT2D eigenvalue weighted by molar-refractivity contribution is 0.346. The van der Waals surface area contributed by atoms with Crippen molar-refractivity contribution >= 4 is 0 Å². The first-order valence-corrected chi connectivity index (χ1v) is 6.81. The predicted octanol–water partition coefficient (Wildman–Crippen LogP) is 4.75. The van der Waals surface area contributed by atoms with E-state index in [1.54, 1.807) is 0 Å². The molecule has 1 aliphatic carbocycles. The van der Waals surface area contributed by atoms with Crippen molar-refractivity contribution < 1.29 is 0 Å². The number of benzene rings is 1. The second kappa shape index (κ2) is 5.52. The molecule has 88 valence electrons. The molecule has 0 unspecified atom stereocenters. The highest BCUT2D eigenvalue weighted by atomic mass is 14.3. The van der Waals surface area contributed by atoms with E-state index in [0.29, 0.717) is 0 Å². The van der Waals surface area contributed by atoms with Crippen LogP contribution in [0.25, 0.3) is 0 Å². The van der Waals surface area contributed by atoms with Gasteiger partial charge < -0.3 is 0 Å². The van der Waals surface area contributed by atoms with Crippen LogP contribution in [0.15, 0.2) is 24.3 Å². The zero-order valence-corrected chi connectivity index (χ0v) is 10.7. The summed E-state index contributed by atoms with van der Waals surface area (Å²) in [7, 11) is 0. The minimum absolute atomic E-state index is 0.920. The number of aryl methyl sites for hydroxylation is 2. The molecule has 2 rings (SSSR count). The summed E-state index contributed by atoms with van der Waals surface area (Å²) in [5, 5.41) is 0. The minimum atomic E-state index is 0.920. The maximum atomic E-state index is 2.45. The van der Waals surface area contributed by atoms with Gasteiger partial charge in [-0.15, -0.1) is 0 Å². The third kappa shape index (κ3) is 3.10. The van der Waals surface area contributed by atoms with Gasteiger partial charge in [0.2, 0.25) is 0 Å². The Kier molecular flexibility index (Phi) is 4.04. The first-order chi connectivity index (χ1) is 7.75. The average Bonchev–Trinajstić information content (AvgIpc) is 2.81. The number of hydrogen-bond acceptors (Lipinski definition) is 0. The molecule has 16 heavy (non-hydrogen) atoms. The van der Waals surface area contributed by atoms with E-state index >= 15 is 0 Å². The fourth-order valence-corrected chi connectivity index (χ4v) is 2.91. The molecule has 0 radical (unpaired) electrons. The highest BCUT2D eigenvalue weighted by Gasteiger charge is 2.20. The minimum Gasteiger partial charge on any atom is -0.0622 e. The Morgan fingerprint density at radius 2 is 1.75 bits per heavy atom. The molecular weight excluding hydrogens is 192 g/mol. The van der Waals surface area contributed by atoms with E-state index in [1.165, 1.54) is 49.7 Å². The Balaban J connectivity index is 1.80. The van der Waals surface area contributed by atoms with Crippen molar-refractivity contribution in [2.75, 3.05) is 0 Å². The van der Waals surface area contributed by atoms with E-state index in [1.807, 2.05) is 0 Å². The van der Waals surface area contributed by atoms with Crippen LogP contribution in [0.2, 0.25) is 0 Å². The summed E-state index contributed by atoms with van der Waals surface area (Å²) in [5.41, 5.74) is 2.88. The first kappa shape index (κ1) is 11.7. The summed E-state index contributed by atoms with van der Waals surface area (Å²) in [5.74, 6) is 1.94. The van der Waals surface area contributed by atoms with Crippen molar-refractivity contribution in [1.82, 2.24) is 0 Å². The van der Waals surface area contributed by atoms with Gasteiger partial charge in [0.25, 0.3) is 0 Å². The molecular formula is C16H24. The van der Waals surface area contributed by atoms with Crippen LogP contribution < -0.4 is 0 Å². The van der Waals surface area contributed by atoms with Crippen LogP contribution in [0.1, 0.15) is 50.2 Å². The molecule has 0 amide bonds. The molecule has 0 aliphatic heterocycles. The van der Waals surface area contributed by atoms with E-state index in [0.717, 1.165) is 11.8 Å². The molecule has 0 N–H and O–H groups in total. The van der Waals surface area contributed by atoms with Crippen molar-refractivity contribution in [2.45, 2.75) is 52.4 Å². The molecule has 1 aliphatic rings. The van der Waals surface area contributed by atoms with E-state index in [2.05, 4.69) is 38.1 Å². The third-order valence-corrected chi connectivity index (χ3v) is 4.21. The summed E-state index contributed by atoms with van der Waals surface area (Å²) < 4.78 is 0. The van der Waals surface area contributed by atoms with Crippen LogP contribution >= 0.6 is 0 Å². The fourth-order valence-electron chi connectivity index (χ4n) is 2.91. The molecule has 0 aromatic heterocycles. The number of hydrogen-bond donors (Lipinski definition) is 0. The molecule has 0 nitrogen and oxygen atoms in total. The van der Waals surface area contributed by atoms with Gasteiger partial charge in [0.15, 0.2) is 0 Å². The Morgan fingerprint density at radius 1 is 1.12 bits per heavy atom. The average molecular weight is 216 g/mol. The standard InChI is InChI=1S/C16H24/c1-13-7-10-15(11-8-13)12-9-14(2)16-5-3-4-6-16/h7-8,10-11,14,16H,3-6,9,12H2,1-2H3/t14-/m0/s1. The van der Waals surface area contributed by atoms with E-state index in [4.69, 9.17) is 0 Å². The van der Waals surface area contributed by atoms with Gasteiger partial charge >= 0.3 is 0 Å². The first-order valence-electron chi connectivity index (χ1n) is 6.81. The third-order valence-electron chi connectivity index (χ3n) is 4.21. The highest BCUT2D eigenvalue weighted by Crippen LogP contribution is 2.33. The normalized spacial score (nSPS) is 18.9. The summed E-state index contributed by atoms with van der Waals surface area (Å²) in [4.78, 5) is 0. The predicted molar refractivity (Wildman–Crippen MR) is 70.6 cm³/mol. The SMILES string of the molecule is Cc1ccc(CC[C@H](C)C2CCCC2)cc1. The van der Waals surface area contributed by atoms with E-state index in [9.17, 15) is 0 Å². The summed E-state index contributed by atoms with van der Waals surface area (Å²) in [6, 6.07) is 9.04. The molecule has 0 saturated heterocycles. The Labute approximate surface area is 100 Å². The van der Waals surface area contributed by atoms with Gasteiger partial charge in [-0.3, -0.25) is 0 Å². The second-order valence-electron chi connectivity index (χ2n) is 5.55. The molecule has 1 aromatic carbocycles. The largest absolute Gasteiger partial charge is 0.0622 e. The molecule has 1 atom stereocenters. The Hall–Kier alpha value is -0.780. The van der Waals surface area contributed by atoms with Crippen LogP contribution in [0.3, 0.4) is 0 Å². The summed E-state index contributed by atoms with van der Waals surface area (Å²) in [6.45, 7) is 4.61. The molecule has 0 bridgehead atoms. The number of rotatable bonds is 4. The zero-order valence-electron chi connectivity index (χ0n) is 10.7. The van der Waals surface area contributed by atoms with Crippen molar-refractivity contribution in [3.63, 3.8) is 0 Å². The van der Waals surface area contributed by atoms with Crippen molar-refractivity contribution in [2.24, 2.45) is 11.8 Å². The lowest BCUT2D eigenvalue weighted by Crippen LogP contribution is -2.08.